The first-order chi connectivity index (χ1) is 13.9. The number of anilines is 1. The number of phenolic OH excluding ortho intramolecular Hbond substituents is 2. The number of aromatic hydroxyl groups is 2. The summed E-state index contributed by atoms with van der Waals surface area (Å²) in [5.41, 5.74) is 3.29. The normalized spacial score (nSPS) is 35.5. The Morgan fingerprint density at radius 2 is 1.83 bits per heavy atom. The summed E-state index contributed by atoms with van der Waals surface area (Å²) in [6.07, 6.45) is 4.70. The number of phenols is 2. The van der Waals surface area contributed by atoms with Crippen LogP contribution in [0.4, 0.5) is 5.69 Å². The van der Waals surface area contributed by atoms with Crippen molar-refractivity contribution in [3.05, 3.63) is 53.6 Å². The van der Waals surface area contributed by atoms with Gasteiger partial charge in [-0.15, -0.1) is 0 Å². The second-order valence-corrected chi connectivity index (χ2v) is 9.61. The quantitative estimate of drug-likeness (QED) is 0.706. The molecule has 0 amide bonds. The van der Waals surface area contributed by atoms with Gasteiger partial charge in [-0.1, -0.05) is 25.1 Å². The van der Waals surface area contributed by atoms with Gasteiger partial charge in [0, 0.05) is 18.5 Å². The highest BCUT2D eigenvalue weighted by Crippen LogP contribution is 2.62. The summed E-state index contributed by atoms with van der Waals surface area (Å²) in [6.45, 7) is 2.28. The second-order valence-electron chi connectivity index (χ2n) is 9.61. The molecule has 3 aliphatic rings. The molecule has 2 aromatic carbocycles. The summed E-state index contributed by atoms with van der Waals surface area (Å²) < 4.78 is 0. The first kappa shape index (κ1) is 18.8. The van der Waals surface area contributed by atoms with Crippen LogP contribution in [0, 0.1) is 17.3 Å². The van der Waals surface area contributed by atoms with Crippen molar-refractivity contribution in [2.24, 2.45) is 17.3 Å². The number of aliphatic hydroxyl groups is 1. The van der Waals surface area contributed by atoms with Gasteiger partial charge in [0.25, 0.3) is 0 Å². The third kappa shape index (κ3) is 2.68. The maximum atomic E-state index is 11.1. The Morgan fingerprint density at radius 3 is 2.62 bits per heavy atom. The summed E-state index contributed by atoms with van der Waals surface area (Å²) in [5, 5.41) is 31.6. The van der Waals surface area contributed by atoms with E-state index < -0.39 is 0 Å². The summed E-state index contributed by atoms with van der Waals surface area (Å²) in [7, 11) is 2.06. The van der Waals surface area contributed by atoms with Crippen LogP contribution in [0.3, 0.4) is 0 Å². The molecule has 4 heteroatoms. The molecule has 3 aliphatic carbocycles. The molecule has 154 valence electrons. The fraction of sp³-hybridized carbons (Fsp3) is 0.520. The van der Waals surface area contributed by atoms with Gasteiger partial charge in [0.05, 0.1) is 11.8 Å². The van der Waals surface area contributed by atoms with Crippen LogP contribution in [0.15, 0.2) is 42.5 Å². The molecule has 2 saturated carbocycles. The van der Waals surface area contributed by atoms with Gasteiger partial charge in [-0.3, -0.25) is 0 Å². The van der Waals surface area contributed by atoms with Crippen LogP contribution in [-0.4, -0.2) is 34.5 Å². The zero-order chi connectivity index (χ0) is 20.3. The monoisotopic (exact) mass is 393 g/mol. The Bertz CT molecular complexity index is 928. The third-order valence-electron chi connectivity index (χ3n) is 8.50. The topological polar surface area (TPSA) is 63.9 Å². The molecule has 5 rings (SSSR count). The SMILES string of the molecule is CN(c1ccccc1O)[C@@H]1C[C@@H]2c3ccc(O)cc3CC[C@H]2[C@@H]2CC[C@H](O)[C@]21C. The molecule has 29 heavy (non-hydrogen) atoms. The molecular weight excluding hydrogens is 362 g/mol. The molecule has 0 radical (unpaired) electrons. The predicted octanol–water partition coefficient (Wildman–Crippen LogP) is 4.43. The predicted molar refractivity (Wildman–Crippen MR) is 114 cm³/mol. The fourth-order valence-corrected chi connectivity index (χ4v) is 7.06. The summed E-state index contributed by atoms with van der Waals surface area (Å²) in [4.78, 5) is 2.21. The lowest BCUT2D eigenvalue weighted by Gasteiger charge is -2.57. The van der Waals surface area contributed by atoms with E-state index in [1.54, 1.807) is 6.07 Å². The molecule has 2 aromatic rings. The van der Waals surface area contributed by atoms with Gasteiger partial charge in [-0.2, -0.15) is 0 Å². The molecule has 3 N–H and O–H groups in total. The molecule has 4 nitrogen and oxygen atoms in total. The highest BCUT2D eigenvalue weighted by atomic mass is 16.3. The van der Waals surface area contributed by atoms with Crippen molar-refractivity contribution in [3.8, 4) is 11.5 Å². The van der Waals surface area contributed by atoms with Gasteiger partial charge in [-0.05, 0) is 85.3 Å². The molecule has 0 spiro atoms. The van der Waals surface area contributed by atoms with Crippen LogP contribution < -0.4 is 4.90 Å². The zero-order valence-electron chi connectivity index (χ0n) is 17.3. The second kappa shape index (κ2) is 6.66. The number of aryl methyl sites for hydroxylation is 1. The lowest BCUT2D eigenvalue weighted by atomic mass is 9.53. The van der Waals surface area contributed by atoms with Gasteiger partial charge >= 0.3 is 0 Å². The van der Waals surface area contributed by atoms with E-state index in [-0.39, 0.29) is 17.6 Å². The standard InChI is InChI=1S/C25H31NO3/c1-25-20(11-12-24(25)29)18-9-7-15-13-16(27)8-10-17(15)19(18)14-23(25)26(2)21-5-3-4-6-22(21)28/h3-6,8,10,13,18-20,23-24,27-29H,7,9,11-12,14H2,1-2H3/t18-,19-,20+,23-,24+,25-/m1/s1. The van der Waals surface area contributed by atoms with Crippen molar-refractivity contribution in [1.82, 2.24) is 0 Å². The molecular formula is C25H31NO3. The van der Waals surface area contributed by atoms with Gasteiger partial charge in [0.1, 0.15) is 11.5 Å². The molecule has 0 saturated heterocycles. The summed E-state index contributed by atoms with van der Waals surface area (Å²) in [5.74, 6) is 2.11. The number of nitrogens with zero attached hydrogens (tertiary/aromatic N) is 1. The Kier molecular flexibility index (Phi) is 4.32. The number of hydrogen-bond acceptors (Lipinski definition) is 4. The van der Waals surface area contributed by atoms with Crippen molar-refractivity contribution in [2.75, 3.05) is 11.9 Å². The van der Waals surface area contributed by atoms with E-state index in [2.05, 4.69) is 24.9 Å². The minimum absolute atomic E-state index is 0.138. The van der Waals surface area contributed by atoms with Crippen molar-refractivity contribution in [2.45, 2.75) is 57.1 Å². The number of aliphatic hydroxyl groups excluding tert-OH is 1. The van der Waals surface area contributed by atoms with Crippen molar-refractivity contribution >= 4 is 5.69 Å². The molecule has 0 bridgehead atoms. The van der Waals surface area contributed by atoms with Gasteiger partial charge in [0.2, 0.25) is 0 Å². The molecule has 0 heterocycles. The van der Waals surface area contributed by atoms with Crippen LogP contribution in [0.25, 0.3) is 0 Å². The first-order valence-electron chi connectivity index (χ1n) is 10.9. The minimum Gasteiger partial charge on any atom is -0.508 e. The largest absolute Gasteiger partial charge is 0.508 e. The number of hydrogen-bond donors (Lipinski definition) is 3. The van der Waals surface area contributed by atoms with E-state index >= 15 is 0 Å². The molecule has 0 aromatic heterocycles. The Balaban J connectivity index is 1.59. The van der Waals surface area contributed by atoms with Gasteiger partial charge in [0.15, 0.2) is 0 Å². The lowest BCUT2D eigenvalue weighted by Crippen LogP contribution is -2.58. The van der Waals surface area contributed by atoms with Crippen LogP contribution in [0.5, 0.6) is 11.5 Å². The number of fused-ring (bicyclic) bond motifs is 5. The molecule has 2 fully saturated rings. The zero-order valence-corrected chi connectivity index (χ0v) is 17.3. The van der Waals surface area contributed by atoms with Crippen LogP contribution in [0.2, 0.25) is 0 Å². The van der Waals surface area contributed by atoms with Crippen molar-refractivity contribution in [1.29, 1.82) is 0 Å². The minimum atomic E-state index is -0.312. The summed E-state index contributed by atoms with van der Waals surface area (Å²) >= 11 is 0. The molecule has 0 unspecified atom stereocenters. The maximum absolute atomic E-state index is 11.1. The van der Waals surface area contributed by atoms with E-state index in [4.69, 9.17) is 0 Å². The third-order valence-corrected chi connectivity index (χ3v) is 8.50. The van der Waals surface area contributed by atoms with Gasteiger partial charge in [-0.25, -0.2) is 0 Å². The Labute approximate surface area is 172 Å². The van der Waals surface area contributed by atoms with E-state index in [0.29, 0.717) is 29.3 Å². The first-order valence-corrected chi connectivity index (χ1v) is 10.9. The number of rotatable bonds is 2. The van der Waals surface area contributed by atoms with Crippen molar-refractivity contribution in [3.63, 3.8) is 0 Å². The Morgan fingerprint density at radius 1 is 1.03 bits per heavy atom. The Hall–Kier alpha value is -2.20. The summed E-state index contributed by atoms with van der Waals surface area (Å²) in [6, 6.07) is 13.5. The molecule has 6 atom stereocenters. The number of para-hydroxylation sites is 2. The van der Waals surface area contributed by atoms with Crippen molar-refractivity contribution < 1.29 is 15.3 Å². The van der Waals surface area contributed by atoms with E-state index in [1.165, 1.54) is 11.1 Å². The fourth-order valence-electron chi connectivity index (χ4n) is 7.06. The van der Waals surface area contributed by atoms with E-state index in [1.807, 2.05) is 30.3 Å². The number of benzene rings is 2. The van der Waals surface area contributed by atoms with Gasteiger partial charge < -0.3 is 20.2 Å². The van der Waals surface area contributed by atoms with Crippen LogP contribution in [0.1, 0.15) is 49.7 Å². The van der Waals surface area contributed by atoms with E-state index in [0.717, 1.165) is 37.8 Å². The highest BCUT2D eigenvalue weighted by Gasteiger charge is 2.60. The average Bonchev–Trinajstić information content (AvgIpc) is 3.02. The maximum Gasteiger partial charge on any atom is 0.138 e. The van der Waals surface area contributed by atoms with Crippen LogP contribution >= 0.6 is 0 Å². The smallest absolute Gasteiger partial charge is 0.138 e. The lowest BCUT2D eigenvalue weighted by molar-refractivity contribution is -0.0395. The molecule has 0 aliphatic heterocycles. The highest BCUT2D eigenvalue weighted by molar-refractivity contribution is 5.58. The van der Waals surface area contributed by atoms with E-state index in [9.17, 15) is 15.3 Å². The van der Waals surface area contributed by atoms with Crippen LogP contribution in [-0.2, 0) is 6.42 Å². The average molecular weight is 394 g/mol.